The minimum absolute atomic E-state index is 0. The van der Waals surface area contributed by atoms with Crippen LogP contribution in [0.15, 0.2) is 52.5 Å². The zero-order valence-electron chi connectivity index (χ0n) is 17.2. The maximum atomic E-state index is 4.75. The topological polar surface area (TPSA) is 66.6 Å². The second-order valence-electron chi connectivity index (χ2n) is 6.59. The number of aliphatic imine (C=N–C) groups is 1. The van der Waals surface area contributed by atoms with Gasteiger partial charge in [-0.1, -0.05) is 18.2 Å². The molecule has 0 spiro atoms. The molecule has 3 aromatic rings. The maximum absolute atomic E-state index is 4.75. The molecule has 0 saturated carbocycles. The molecule has 0 fully saturated rings. The van der Waals surface area contributed by atoms with Crippen LogP contribution in [-0.4, -0.2) is 39.9 Å². The first kappa shape index (κ1) is 23.5. The van der Waals surface area contributed by atoms with Gasteiger partial charge in [0.2, 0.25) is 0 Å². The number of aryl methyl sites for hydroxylation is 2. The van der Waals surface area contributed by atoms with Crippen molar-refractivity contribution in [1.29, 1.82) is 0 Å². The Bertz CT molecular complexity index is 940. The molecule has 0 unspecified atom stereocenters. The molecular weight excluding hydrogens is 495 g/mol. The molecule has 0 radical (unpaired) electrons. The van der Waals surface area contributed by atoms with Crippen molar-refractivity contribution in [3.8, 4) is 0 Å². The fraction of sp³-hybridized carbons (Fsp3) is 0.381. The van der Waals surface area contributed by atoms with E-state index < -0.39 is 0 Å². The number of guanidine groups is 1. The van der Waals surface area contributed by atoms with E-state index in [9.17, 15) is 0 Å². The Morgan fingerprint density at radius 1 is 1.17 bits per heavy atom. The largest absolute Gasteiger partial charge is 0.357 e. The normalized spacial score (nSPS) is 11.3. The molecule has 29 heavy (non-hydrogen) atoms. The Balaban J connectivity index is 0.00000300. The fourth-order valence-electron chi connectivity index (χ4n) is 3.00. The zero-order valence-corrected chi connectivity index (χ0v) is 20.3. The molecule has 0 amide bonds. The van der Waals surface area contributed by atoms with Gasteiger partial charge < -0.3 is 10.6 Å². The van der Waals surface area contributed by atoms with Gasteiger partial charge in [-0.15, -0.1) is 45.9 Å². The SMILES string of the molecule is CCNC(=NCc1ccc(C)cc1SC)NCCCc1nnc2ccccn12.I. The number of pyridine rings is 1. The number of benzene rings is 1. The summed E-state index contributed by atoms with van der Waals surface area (Å²) in [5, 5.41) is 15.2. The van der Waals surface area contributed by atoms with Gasteiger partial charge in [0, 0.05) is 30.6 Å². The monoisotopic (exact) mass is 524 g/mol. The van der Waals surface area contributed by atoms with Gasteiger partial charge in [-0.25, -0.2) is 4.99 Å². The van der Waals surface area contributed by atoms with Crippen molar-refractivity contribution in [2.45, 2.75) is 38.1 Å². The molecule has 0 atom stereocenters. The first-order chi connectivity index (χ1) is 13.7. The van der Waals surface area contributed by atoms with Gasteiger partial charge >= 0.3 is 0 Å². The number of fused-ring (bicyclic) bond motifs is 1. The predicted octanol–water partition coefficient (Wildman–Crippen LogP) is 4.07. The van der Waals surface area contributed by atoms with Crippen LogP contribution in [0.25, 0.3) is 5.65 Å². The molecule has 6 nitrogen and oxygen atoms in total. The first-order valence-electron chi connectivity index (χ1n) is 9.65. The van der Waals surface area contributed by atoms with Gasteiger partial charge in [0.1, 0.15) is 5.82 Å². The third kappa shape index (κ3) is 6.60. The van der Waals surface area contributed by atoms with Gasteiger partial charge in [-0.05, 0) is 55.9 Å². The highest BCUT2D eigenvalue weighted by atomic mass is 127. The van der Waals surface area contributed by atoms with Crippen LogP contribution >= 0.6 is 35.7 Å². The summed E-state index contributed by atoms with van der Waals surface area (Å²) < 4.78 is 2.04. The molecule has 3 rings (SSSR count). The molecule has 0 aliphatic carbocycles. The lowest BCUT2D eigenvalue weighted by Gasteiger charge is -2.12. The first-order valence-corrected chi connectivity index (χ1v) is 10.9. The third-order valence-corrected chi connectivity index (χ3v) is 5.27. The summed E-state index contributed by atoms with van der Waals surface area (Å²) in [5.74, 6) is 1.84. The molecule has 156 valence electrons. The summed E-state index contributed by atoms with van der Waals surface area (Å²) in [6.45, 7) is 6.54. The molecule has 8 heteroatoms. The van der Waals surface area contributed by atoms with Crippen molar-refractivity contribution >= 4 is 47.3 Å². The predicted molar refractivity (Wildman–Crippen MR) is 133 cm³/mol. The summed E-state index contributed by atoms with van der Waals surface area (Å²) >= 11 is 1.77. The van der Waals surface area contributed by atoms with Crippen molar-refractivity contribution in [2.75, 3.05) is 19.3 Å². The van der Waals surface area contributed by atoms with E-state index >= 15 is 0 Å². The van der Waals surface area contributed by atoms with Gasteiger partial charge in [-0.2, -0.15) is 0 Å². The van der Waals surface area contributed by atoms with E-state index in [-0.39, 0.29) is 24.0 Å². The lowest BCUT2D eigenvalue weighted by Crippen LogP contribution is -2.37. The molecule has 0 saturated heterocycles. The second kappa shape index (κ2) is 12.0. The van der Waals surface area contributed by atoms with Gasteiger partial charge in [-0.3, -0.25) is 4.40 Å². The van der Waals surface area contributed by atoms with E-state index in [4.69, 9.17) is 4.99 Å². The number of nitrogens with one attached hydrogen (secondary N) is 2. The molecule has 2 N–H and O–H groups in total. The van der Waals surface area contributed by atoms with E-state index in [2.05, 4.69) is 59.1 Å². The minimum atomic E-state index is 0. The van der Waals surface area contributed by atoms with Crippen LogP contribution in [0.1, 0.15) is 30.3 Å². The van der Waals surface area contributed by atoms with Crippen molar-refractivity contribution in [3.63, 3.8) is 0 Å². The maximum Gasteiger partial charge on any atom is 0.191 e. The molecule has 0 aliphatic heterocycles. The summed E-state index contributed by atoms with van der Waals surface area (Å²) in [6, 6.07) is 12.5. The fourth-order valence-corrected chi connectivity index (χ4v) is 3.70. The quantitative estimate of drug-likeness (QED) is 0.153. The number of halogens is 1. The van der Waals surface area contributed by atoms with E-state index in [0.717, 1.165) is 43.4 Å². The number of hydrogen-bond donors (Lipinski definition) is 2. The van der Waals surface area contributed by atoms with E-state index in [1.807, 2.05) is 28.8 Å². The third-order valence-electron chi connectivity index (χ3n) is 4.45. The summed E-state index contributed by atoms with van der Waals surface area (Å²) in [4.78, 5) is 6.04. The second-order valence-corrected chi connectivity index (χ2v) is 7.43. The highest BCUT2D eigenvalue weighted by molar-refractivity contribution is 14.0. The number of aromatic nitrogens is 3. The van der Waals surface area contributed by atoms with E-state index in [0.29, 0.717) is 6.54 Å². The summed E-state index contributed by atoms with van der Waals surface area (Å²) in [6.07, 6.45) is 5.95. The molecule has 0 aliphatic rings. The average Bonchev–Trinajstić information content (AvgIpc) is 3.13. The standard InChI is InChI=1S/C21H28N6S.HI/c1-4-22-21(24-15-17-11-10-16(2)14-18(17)28-3)23-12-7-9-20-26-25-19-8-5-6-13-27(19)20;/h5-6,8,10-11,13-14H,4,7,9,12,15H2,1-3H3,(H2,22,23,24);1H. The van der Waals surface area contributed by atoms with Crippen LogP contribution < -0.4 is 10.6 Å². The van der Waals surface area contributed by atoms with E-state index in [1.165, 1.54) is 16.0 Å². The Kier molecular flexibility index (Phi) is 9.72. The van der Waals surface area contributed by atoms with E-state index in [1.54, 1.807) is 11.8 Å². The Hall–Kier alpha value is -1.81. The van der Waals surface area contributed by atoms with Crippen LogP contribution in [0.5, 0.6) is 0 Å². The van der Waals surface area contributed by atoms with Gasteiger partial charge in [0.25, 0.3) is 0 Å². The van der Waals surface area contributed by atoms with Crippen molar-refractivity contribution in [1.82, 2.24) is 25.2 Å². The summed E-state index contributed by atoms with van der Waals surface area (Å²) in [7, 11) is 0. The molecule has 0 bridgehead atoms. The van der Waals surface area contributed by atoms with Crippen molar-refractivity contribution in [3.05, 3.63) is 59.5 Å². The molecular formula is C21H29IN6S. The number of nitrogens with zero attached hydrogens (tertiary/aromatic N) is 4. The van der Waals surface area contributed by atoms with Crippen molar-refractivity contribution in [2.24, 2.45) is 4.99 Å². The average molecular weight is 524 g/mol. The Labute approximate surface area is 194 Å². The zero-order chi connectivity index (χ0) is 19.8. The summed E-state index contributed by atoms with van der Waals surface area (Å²) in [5.41, 5.74) is 3.43. The van der Waals surface area contributed by atoms with Gasteiger partial charge in [0.05, 0.1) is 6.54 Å². The van der Waals surface area contributed by atoms with Crippen LogP contribution in [0, 0.1) is 6.92 Å². The smallest absolute Gasteiger partial charge is 0.191 e. The number of hydrogen-bond acceptors (Lipinski definition) is 4. The van der Waals surface area contributed by atoms with Crippen molar-refractivity contribution < 1.29 is 0 Å². The van der Waals surface area contributed by atoms with Crippen LogP contribution in [0.4, 0.5) is 0 Å². The lowest BCUT2D eigenvalue weighted by atomic mass is 10.1. The van der Waals surface area contributed by atoms with Crippen LogP contribution in [0.2, 0.25) is 0 Å². The van der Waals surface area contributed by atoms with Crippen LogP contribution in [-0.2, 0) is 13.0 Å². The minimum Gasteiger partial charge on any atom is -0.357 e. The van der Waals surface area contributed by atoms with Gasteiger partial charge in [0.15, 0.2) is 11.6 Å². The molecule has 2 heterocycles. The Morgan fingerprint density at radius 3 is 2.83 bits per heavy atom. The van der Waals surface area contributed by atoms with Crippen LogP contribution in [0.3, 0.4) is 0 Å². The Morgan fingerprint density at radius 2 is 2.03 bits per heavy atom. The lowest BCUT2D eigenvalue weighted by molar-refractivity contribution is 0.714. The highest BCUT2D eigenvalue weighted by Gasteiger charge is 2.05. The number of rotatable bonds is 8. The molecule has 1 aromatic carbocycles. The highest BCUT2D eigenvalue weighted by Crippen LogP contribution is 2.22. The number of thioether (sulfide) groups is 1. The molecule has 2 aromatic heterocycles.